The lowest BCUT2D eigenvalue weighted by Gasteiger charge is -2.09. The van der Waals surface area contributed by atoms with Gasteiger partial charge in [0.15, 0.2) is 0 Å². The van der Waals surface area contributed by atoms with E-state index in [0.717, 1.165) is 12.0 Å². The van der Waals surface area contributed by atoms with Gasteiger partial charge in [-0.15, -0.1) is 0 Å². The molecule has 3 heteroatoms. The van der Waals surface area contributed by atoms with Crippen LogP contribution in [0, 0.1) is 0 Å². The summed E-state index contributed by atoms with van der Waals surface area (Å²) >= 11 is 0. The molecule has 0 aliphatic rings. The summed E-state index contributed by atoms with van der Waals surface area (Å²) in [7, 11) is 0. The lowest BCUT2D eigenvalue weighted by Crippen LogP contribution is -2.31. The zero-order chi connectivity index (χ0) is 11.3. The minimum absolute atomic E-state index is 0.117. The molecule has 2 N–H and O–H groups in total. The fraction of sp³-hybridized carbons (Fsp3) is 0.417. The van der Waals surface area contributed by atoms with E-state index in [2.05, 4.69) is 5.32 Å². The second-order valence-corrected chi connectivity index (χ2v) is 3.57. The molecule has 1 aromatic rings. The molecular weight excluding hydrogens is 190 g/mol. The predicted octanol–water partition coefficient (Wildman–Crippen LogP) is 1.36. The van der Waals surface area contributed by atoms with E-state index in [1.54, 1.807) is 13.0 Å². The molecule has 1 aromatic carbocycles. The van der Waals surface area contributed by atoms with Gasteiger partial charge in [0.25, 0.3) is 5.91 Å². The van der Waals surface area contributed by atoms with Gasteiger partial charge in [-0.3, -0.25) is 4.79 Å². The van der Waals surface area contributed by atoms with Crippen molar-refractivity contribution in [2.24, 2.45) is 0 Å². The van der Waals surface area contributed by atoms with Gasteiger partial charge in [-0.05, 0) is 25.0 Å². The molecule has 0 bridgehead atoms. The van der Waals surface area contributed by atoms with Crippen molar-refractivity contribution in [2.45, 2.75) is 26.4 Å². The van der Waals surface area contributed by atoms with Gasteiger partial charge < -0.3 is 10.4 Å². The first-order chi connectivity index (χ1) is 7.15. The largest absolute Gasteiger partial charge is 0.392 e. The van der Waals surface area contributed by atoms with Crippen LogP contribution in [0.15, 0.2) is 24.3 Å². The van der Waals surface area contributed by atoms with Gasteiger partial charge in [-0.25, -0.2) is 0 Å². The van der Waals surface area contributed by atoms with Crippen LogP contribution in [0.3, 0.4) is 0 Å². The summed E-state index contributed by atoms with van der Waals surface area (Å²) in [5.41, 5.74) is 1.72. The molecule has 0 heterocycles. The average molecular weight is 207 g/mol. The van der Waals surface area contributed by atoms with Crippen molar-refractivity contribution in [3.63, 3.8) is 0 Å². The molecule has 0 saturated heterocycles. The number of hydrogen-bond acceptors (Lipinski definition) is 2. The summed E-state index contributed by atoms with van der Waals surface area (Å²) < 4.78 is 0. The number of carbonyl (C=O) groups excluding carboxylic acids is 1. The Hall–Kier alpha value is -1.35. The Labute approximate surface area is 90.1 Å². The van der Waals surface area contributed by atoms with Gasteiger partial charge in [-0.1, -0.05) is 25.1 Å². The topological polar surface area (TPSA) is 49.3 Å². The second kappa shape index (κ2) is 5.51. The van der Waals surface area contributed by atoms with Crippen LogP contribution in [0.5, 0.6) is 0 Å². The Morgan fingerprint density at radius 3 is 2.73 bits per heavy atom. The number of rotatable bonds is 4. The summed E-state index contributed by atoms with van der Waals surface area (Å²) in [5, 5.41) is 11.7. The first-order valence-electron chi connectivity index (χ1n) is 5.19. The molecule has 1 rings (SSSR count). The van der Waals surface area contributed by atoms with E-state index in [1.165, 1.54) is 0 Å². The smallest absolute Gasteiger partial charge is 0.251 e. The molecule has 15 heavy (non-hydrogen) atoms. The number of aryl methyl sites for hydroxylation is 1. The number of benzene rings is 1. The van der Waals surface area contributed by atoms with Gasteiger partial charge in [0.1, 0.15) is 0 Å². The highest BCUT2D eigenvalue weighted by Gasteiger charge is 2.09. The van der Waals surface area contributed by atoms with Crippen molar-refractivity contribution in [1.82, 2.24) is 5.32 Å². The number of carbonyl (C=O) groups is 1. The lowest BCUT2D eigenvalue weighted by atomic mass is 10.0. The maximum Gasteiger partial charge on any atom is 0.251 e. The highest BCUT2D eigenvalue weighted by molar-refractivity contribution is 5.95. The molecule has 1 atom stereocenters. The Morgan fingerprint density at radius 1 is 1.47 bits per heavy atom. The standard InChI is InChI=1S/C12H17NO2/c1-3-10-6-4-5-7-11(10)12(15)13-8-9(2)14/h4-7,9,14H,3,8H2,1-2H3,(H,13,15)/t9-/m1/s1. The van der Waals surface area contributed by atoms with E-state index in [-0.39, 0.29) is 12.5 Å². The zero-order valence-electron chi connectivity index (χ0n) is 9.16. The quantitative estimate of drug-likeness (QED) is 0.783. The molecule has 1 amide bonds. The van der Waals surface area contributed by atoms with E-state index in [9.17, 15) is 4.79 Å². The molecule has 0 aliphatic heterocycles. The summed E-state index contributed by atoms with van der Waals surface area (Å²) in [4.78, 5) is 11.7. The Balaban J connectivity index is 2.72. The van der Waals surface area contributed by atoms with E-state index in [1.807, 2.05) is 25.1 Å². The second-order valence-electron chi connectivity index (χ2n) is 3.57. The highest BCUT2D eigenvalue weighted by Crippen LogP contribution is 2.08. The van der Waals surface area contributed by atoms with Crippen LogP contribution in [-0.2, 0) is 6.42 Å². The minimum Gasteiger partial charge on any atom is -0.392 e. The van der Waals surface area contributed by atoms with Crippen molar-refractivity contribution in [1.29, 1.82) is 0 Å². The monoisotopic (exact) mass is 207 g/mol. The Kier molecular flexibility index (Phi) is 4.31. The molecule has 3 nitrogen and oxygen atoms in total. The molecule has 82 valence electrons. The van der Waals surface area contributed by atoms with E-state index in [4.69, 9.17) is 5.11 Å². The third-order valence-electron chi connectivity index (χ3n) is 2.20. The van der Waals surface area contributed by atoms with Crippen LogP contribution in [-0.4, -0.2) is 23.7 Å². The number of hydrogen-bond donors (Lipinski definition) is 2. The Morgan fingerprint density at radius 2 is 2.13 bits per heavy atom. The predicted molar refractivity (Wildman–Crippen MR) is 59.8 cm³/mol. The van der Waals surface area contributed by atoms with Crippen molar-refractivity contribution in [3.05, 3.63) is 35.4 Å². The number of aliphatic hydroxyl groups excluding tert-OH is 1. The normalized spacial score (nSPS) is 12.2. The summed E-state index contributed by atoms with van der Waals surface area (Å²) in [6, 6.07) is 7.51. The van der Waals surface area contributed by atoms with Gasteiger partial charge in [0.05, 0.1) is 6.10 Å². The van der Waals surface area contributed by atoms with E-state index in [0.29, 0.717) is 5.56 Å². The van der Waals surface area contributed by atoms with Crippen molar-refractivity contribution >= 4 is 5.91 Å². The molecule has 0 aromatic heterocycles. The van der Waals surface area contributed by atoms with Crippen LogP contribution in [0.1, 0.15) is 29.8 Å². The van der Waals surface area contributed by atoms with Crippen LogP contribution in [0.2, 0.25) is 0 Å². The van der Waals surface area contributed by atoms with Crippen LogP contribution in [0.4, 0.5) is 0 Å². The molecule has 0 radical (unpaired) electrons. The molecule has 0 spiro atoms. The fourth-order valence-corrected chi connectivity index (χ4v) is 1.39. The van der Waals surface area contributed by atoms with Crippen molar-refractivity contribution in [3.8, 4) is 0 Å². The maximum atomic E-state index is 11.7. The summed E-state index contributed by atoms with van der Waals surface area (Å²) in [6.07, 6.45) is 0.320. The summed E-state index contributed by atoms with van der Waals surface area (Å²) in [5.74, 6) is -0.117. The van der Waals surface area contributed by atoms with E-state index >= 15 is 0 Å². The first kappa shape index (κ1) is 11.7. The zero-order valence-corrected chi connectivity index (χ0v) is 9.16. The molecule has 0 unspecified atom stereocenters. The molecular formula is C12H17NO2. The van der Waals surface area contributed by atoms with Crippen molar-refractivity contribution in [2.75, 3.05) is 6.54 Å². The SMILES string of the molecule is CCc1ccccc1C(=O)NC[C@@H](C)O. The van der Waals surface area contributed by atoms with Crippen molar-refractivity contribution < 1.29 is 9.90 Å². The van der Waals surface area contributed by atoms with Gasteiger partial charge in [0, 0.05) is 12.1 Å². The molecule has 0 saturated carbocycles. The van der Waals surface area contributed by atoms with E-state index < -0.39 is 6.10 Å². The minimum atomic E-state index is -0.511. The Bertz CT molecular complexity index is 334. The van der Waals surface area contributed by atoms with Crippen LogP contribution < -0.4 is 5.32 Å². The van der Waals surface area contributed by atoms with Gasteiger partial charge in [0.2, 0.25) is 0 Å². The van der Waals surface area contributed by atoms with Crippen LogP contribution in [0.25, 0.3) is 0 Å². The first-order valence-corrected chi connectivity index (χ1v) is 5.19. The number of aliphatic hydroxyl groups is 1. The molecule has 0 aliphatic carbocycles. The van der Waals surface area contributed by atoms with Gasteiger partial charge >= 0.3 is 0 Å². The third kappa shape index (κ3) is 3.36. The van der Waals surface area contributed by atoms with Gasteiger partial charge in [-0.2, -0.15) is 0 Å². The highest BCUT2D eigenvalue weighted by atomic mass is 16.3. The third-order valence-corrected chi connectivity index (χ3v) is 2.20. The van der Waals surface area contributed by atoms with Crippen LogP contribution >= 0.6 is 0 Å². The summed E-state index contributed by atoms with van der Waals surface area (Å²) in [6.45, 7) is 3.95. The lowest BCUT2D eigenvalue weighted by molar-refractivity contribution is 0.0923. The number of amides is 1. The molecule has 0 fully saturated rings. The maximum absolute atomic E-state index is 11.7. The average Bonchev–Trinajstić information content (AvgIpc) is 2.25. The fourth-order valence-electron chi connectivity index (χ4n) is 1.39. The number of nitrogens with one attached hydrogen (secondary N) is 1.